The number of nitrogens with zero attached hydrogens (tertiary/aromatic N) is 1. The Kier molecular flexibility index (Phi) is 4.77. The standard InChI is InChI=1S/C15H19NO4S/c1-10(2)21(20)12-7-5-11(6-8-12)14(17)16-9-3-4-13(16)15(18)19/h5-8,10,13H,3-4,9H2,1-2H3,(H,18,19). The highest BCUT2D eigenvalue weighted by atomic mass is 32.2. The van der Waals surface area contributed by atoms with Crippen molar-refractivity contribution in [3.63, 3.8) is 0 Å². The molecule has 2 rings (SSSR count). The summed E-state index contributed by atoms with van der Waals surface area (Å²) in [5.74, 6) is -1.24. The van der Waals surface area contributed by atoms with E-state index in [0.29, 0.717) is 29.8 Å². The number of carbonyl (C=O) groups is 2. The van der Waals surface area contributed by atoms with Crippen LogP contribution in [0.5, 0.6) is 0 Å². The number of hydrogen-bond donors (Lipinski definition) is 1. The van der Waals surface area contributed by atoms with Gasteiger partial charge in [0.05, 0.1) is 10.8 Å². The first-order valence-electron chi connectivity index (χ1n) is 6.96. The van der Waals surface area contributed by atoms with Gasteiger partial charge < -0.3 is 10.0 Å². The largest absolute Gasteiger partial charge is 0.480 e. The third-order valence-corrected chi connectivity index (χ3v) is 5.15. The van der Waals surface area contributed by atoms with Gasteiger partial charge in [0.2, 0.25) is 0 Å². The van der Waals surface area contributed by atoms with E-state index >= 15 is 0 Å². The molecule has 1 saturated heterocycles. The van der Waals surface area contributed by atoms with Gasteiger partial charge in [-0.25, -0.2) is 4.79 Å². The number of likely N-dealkylation sites (tertiary alicyclic amines) is 1. The Hall–Kier alpha value is -1.69. The van der Waals surface area contributed by atoms with Gasteiger partial charge in [0.15, 0.2) is 0 Å². The quantitative estimate of drug-likeness (QED) is 0.921. The Labute approximate surface area is 126 Å². The van der Waals surface area contributed by atoms with Gasteiger partial charge in [-0.15, -0.1) is 0 Å². The van der Waals surface area contributed by atoms with Crippen molar-refractivity contribution in [2.24, 2.45) is 0 Å². The molecule has 5 nitrogen and oxygen atoms in total. The van der Waals surface area contributed by atoms with Crippen LogP contribution in [-0.2, 0) is 15.6 Å². The molecule has 2 unspecified atom stereocenters. The van der Waals surface area contributed by atoms with Crippen LogP contribution in [0.4, 0.5) is 0 Å². The van der Waals surface area contributed by atoms with E-state index in [0.717, 1.165) is 0 Å². The lowest BCUT2D eigenvalue weighted by Gasteiger charge is -2.21. The monoisotopic (exact) mass is 309 g/mol. The fraction of sp³-hybridized carbons (Fsp3) is 0.467. The van der Waals surface area contributed by atoms with Crippen LogP contribution in [-0.4, -0.2) is 43.9 Å². The molecule has 0 aromatic heterocycles. The first kappa shape index (κ1) is 15.7. The Balaban J connectivity index is 2.17. The molecule has 0 radical (unpaired) electrons. The Morgan fingerprint density at radius 1 is 1.29 bits per heavy atom. The van der Waals surface area contributed by atoms with E-state index in [9.17, 15) is 13.8 Å². The number of aliphatic carboxylic acids is 1. The number of hydrogen-bond acceptors (Lipinski definition) is 3. The number of benzene rings is 1. The topological polar surface area (TPSA) is 74.7 Å². The van der Waals surface area contributed by atoms with Crippen LogP contribution in [0.25, 0.3) is 0 Å². The van der Waals surface area contributed by atoms with E-state index in [1.54, 1.807) is 24.3 Å². The first-order valence-corrected chi connectivity index (χ1v) is 8.17. The maximum absolute atomic E-state index is 12.4. The molecule has 0 aliphatic carbocycles. The first-order chi connectivity index (χ1) is 9.91. The summed E-state index contributed by atoms with van der Waals surface area (Å²) in [6, 6.07) is 5.86. The second kappa shape index (κ2) is 6.39. The highest BCUT2D eigenvalue weighted by Crippen LogP contribution is 2.21. The fourth-order valence-electron chi connectivity index (χ4n) is 2.44. The molecule has 1 aliphatic rings. The van der Waals surface area contributed by atoms with E-state index < -0.39 is 22.8 Å². The molecule has 1 amide bonds. The summed E-state index contributed by atoms with van der Waals surface area (Å²) >= 11 is 0. The maximum Gasteiger partial charge on any atom is 0.326 e. The van der Waals surface area contributed by atoms with Crippen molar-refractivity contribution in [1.82, 2.24) is 4.90 Å². The Bertz CT molecular complexity index is 568. The molecule has 1 fully saturated rings. The lowest BCUT2D eigenvalue weighted by atomic mass is 10.1. The minimum absolute atomic E-state index is 0.0153. The van der Waals surface area contributed by atoms with Gasteiger partial charge in [-0.2, -0.15) is 0 Å². The van der Waals surface area contributed by atoms with E-state index in [1.807, 2.05) is 13.8 Å². The van der Waals surface area contributed by atoms with Crippen LogP contribution in [0, 0.1) is 0 Å². The van der Waals surface area contributed by atoms with Crippen LogP contribution < -0.4 is 0 Å². The van der Waals surface area contributed by atoms with Gasteiger partial charge in [-0.1, -0.05) is 13.8 Å². The summed E-state index contributed by atoms with van der Waals surface area (Å²) < 4.78 is 12.0. The molecule has 1 aromatic rings. The molecule has 21 heavy (non-hydrogen) atoms. The molecule has 0 bridgehead atoms. The van der Waals surface area contributed by atoms with Gasteiger partial charge in [0.25, 0.3) is 5.91 Å². The smallest absolute Gasteiger partial charge is 0.326 e. The van der Waals surface area contributed by atoms with E-state index in [1.165, 1.54) is 4.90 Å². The molecule has 2 atom stereocenters. The third kappa shape index (κ3) is 3.32. The Morgan fingerprint density at radius 2 is 1.90 bits per heavy atom. The van der Waals surface area contributed by atoms with Crippen molar-refractivity contribution in [3.8, 4) is 0 Å². The zero-order valence-electron chi connectivity index (χ0n) is 12.1. The van der Waals surface area contributed by atoms with Crippen LogP contribution in [0.3, 0.4) is 0 Å². The molecule has 1 heterocycles. The summed E-state index contributed by atoms with van der Waals surface area (Å²) in [5.41, 5.74) is 0.438. The average Bonchev–Trinajstić information content (AvgIpc) is 2.95. The molecular weight excluding hydrogens is 290 g/mol. The predicted molar refractivity (Wildman–Crippen MR) is 79.7 cm³/mol. The van der Waals surface area contributed by atoms with Crippen molar-refractivity contribution in [2.75, 3.05) is 6.54 Å². The highest BCUT2D eigenvalue weighted by molar-refractivity contribution is 7.85. The van der Waals surface area contributed by atoms with Crippen molar-refractivity contribution in [3.05, 3.63) is 29.8 Å². The number of carboxylic acid groups (broad SMARTS) is 1. The van der Waals surface area contributed by atoms with Crippen LogP contribution in [0.15, 0.2) is 29.2 Å². The van der Waals surface area contributed by atoms with E-state index in [4.69, 9.17) is 5.11 Å². The molecule has 6 heteroatoms. The minimum atomic E-state index is -1.09. The van der Waals surface area contributed by atoms with Gasteiger partial charge in [-0.3, -0.25) is 9.00 Å². The Morgan fingerprint density at radius 3 is 2.43 bits per heavy atom. The summed E-state index contributed by atoms with van der Waals surface area (Å²) in [5, 5.41) is 9.14. The number of carbonyl (C=O) groups excluding carboxylic acids is 1. The number of amides is 1. The van der Waals surface area contributed by atoms with Crippen molar-refractivity contribution < 1.29 is 18.9 Å². The van der Waals surface area contributed by atoms with E-state index in [2.05, 4.69) is 0 Å². The third-order valence-electron chi connectivity index (χ3n) is 3.56. The van der Waals surface area contributed by atoms with Crippen molar-refractivity contribution in [1.29, 1.82) is 0 Å². The van der Waals surface area contributed by atoms with Crippen molar-refractivity contribution in [2.45, 2.75) is 42.9 Å². The maximum atomic E-state index is 12.4. The number of rotatable bonds is 4. The fourth-order valence-corrected chi connectivity index (χ4v) is 3.38. The summed E-state index contributed by atoms with van der Waals surface area (Å²) in [6.07, 6.45) is 1.20. The molecule has 1 aliphatic heterocycles. The summed E-state index contributed by atoms with van der Waals surface area (Å²) in [6.45, 7) is 4.21. The minimum Gasteiger partial charge on any atom is -0.480 e. The summed E-state index contributed by atoms with van der Waals surface area (Å²) in [4.78, 5) is 25.6. The molecule has 1 N–H and O–H groups in total. The predicted octanol–water partition coefficient (Wildman–Crippen LogP) is 1.89. The van der Waals surface area contributed by atoms with Crippen molar-refractivity contribution >= 4 is 22.7 Å². The van der Waals surface area contributed by atoms with Gasteiger partial charge in [0, 0.05) is 22.3 Å². The highest BCUT2D eigenvalue weighted by Gasteiger charge is 2.34. The second-order valence-electron chi connectivity index (χ2n) is 5.37. The van der Waals surface area contributed by atoms with Gasteiger partial charge in [-0.05, 0) is 37.1 Å². The molecule has 114 valence electrons. The molecule has 0 spiro atoms. The zero-order valence-corrected chi connectivity index (χ0v) is 12.9. The SMILES string of the molecule is CC(C)S(=O)c1ccc(C(=O)N2CCCC2C(=O)O)cc1. The van der Waals surface area contributed by atoms with E-state index in [-0.39, 0.29) is 11.2 Å². The average molecular weight is 309 g/mol. The van der Waals surface area contributed by atoms with Crippen LogP contribution in [0.2, 0.25) is 0 Å². The summed E-state index contributed by atoms with van der Waals surface area (Å²) in [7, 11) is -1.09. The van der Waals surface area contributed by atoms with Crippen LogP contribution >= 0.6 is 0 Å². The lowest BCUT2D eigenvalue weighted by molar-refractivity contribution is -0.141. The zero-order chi connectivity index (χ0) is 15.6. The molecule has 0 saturated carbocycles. The second-order valence-corrected chi connectivity index (χ2v) is 7.37. The lowest BCUT2D eigenvalue weighted by Crippen LogP contribution is -2.40. The normalized spacial score (nSPS) is 19.8. The van der Waals surface area contributed by atoms with Gasteiger partial charge in [0.1, 0.15) is 6.04 Å². The van der Waals surface area contributed by atoms with Gasteiger partial charge >= 0.3 is 5.97 Å². The molecule has 1 aromatic carbocycles. The number of carboxylic acids is 1. The van der Waals surface area contributed by atoms with Crippen LogP contribution in [0.1, 0.15) is 37.0 Å². The molecular formula is C15H19NO4S.